The van der Waals surface area contributed by atoms with E-state index >= 15 is 0 Å². The lowest BCUT2D eigenvalue weighted by Gasteiger charge is -2.21. The first-order chi connectivity index (χ1) is 9.09. The first-order valence-electron chi connectivity index (χ1n) is 6.01. The summed E-state index contributed by atoms with van der Waals surface area (Å²) in [7, 11) is 0. The maximum atomic E-state index is 12.1. The lowest BCUT2D eigenvalue weighted by atomic mass is 9.99. The number of carbonyl (C=O) groups excluding carboxylic acids is 3. The van der Waals surface area contributed by atoms with Crippen LogP contribution in [-0.2, 0) is 16.0 Å². The number of nitrogens with one attached hydrogen (secondary N) is 2. The Kier molecular flexibility index (Phi) is 2.78. The van der Waals surface area contributed by atoms with Crippen LogP contribution in [0.3, 0.4) is 0 Å². The fraction of sp³-hybridized carbons (Fsp3) is 0.417. The number of urea groups is 1. The molecule has 0 aromatic carbocycles. The molecule has 1 aromatic rings. The summed E-state index contributed by atoms with van der Waals surface area (Å²) >= 11 is 1.55. The van der Waals surface area contributed by atoms with Crippen molar-refractivity contribution in [2.45, 2.75) is 18.4 Å². The molecule has 2 N–H and O–H groups in total. The molecular formula is C12H13N3O3S. The van der Waals surface area contributed by atoms with Crippen molar-refractivity contribution < 1.29 is 14.4 Å². The van der Waals surface area contributed by atoms with Crippen molar-refractivity contribution in [3.05, 3.63) is 22.4 Å². The highest BCUT2D eigenvalue weighted by atomic mass is 32.1. The maximum absolute atomic E-state index is 12.1. The number of nitrogens with zero attached hydrogens (tertiary/aromatic N) is 1. The molecule has 6 nitrogen and oxygen atoms in total. The number of amides is 4. The molecule has 0 saturated carbocycles. The van der Waals surface area contributed by atoms with Gasteiger partial charge >= 0.3 is 6.03 Å². The van der Waals surface area contributed by atoms with E-state index in [-0.39, 0.29) is 18.4 Å². The van der Waals surface area contributed by atoms with Crippen LogP contribution in [0.1, 0.15) is 12.0 Å². The third kappa shape index (κ3) is 2.10. The Morgan fingerprint density at radius 2 is 2.32 bits per heavy atom. The van der Waals surface area contributed by atoms with Crippen molar-refractivity contribution in [1.29, 1.82) is 0 Å². The van der Waals surface area contributed by atoms with Crippen LogP contribution in [-0.4, -0.2) is 41.4 Å². The van der Waals surface area contributed by atoms with Gasteiger partial charge in [-0.3, -0.25) is 14.9 Å². The summed E-state index contributed by atoms with van der Waals surface area (Å²) < 4.78 is 0. The van der Waals surface area contributed by atoms with Crippen LogP contribution in [0.5, 0.6) is 0 Å². The van der Waals surface area contributed by atoms with Crippen LogP contribution in [0, 0.1) is 0 Å². The van der Waals surface area contributed by atoms with Gasteiger partial charge in [-0.25, -0.2) is 4.79 Å². The summed E-state index contributed by atoms with van der Waals surface area (Å²) in [5.74, 6) is -0.340. The predicted molar refractivity (Wildman–Crippen MR) is 68.6 cm³/mol. The number of hydrogen-bond acceptors (Lipinski definition) is 4. The summed E-state index contributed by atoms with van der Waals surface area (Å²) in [4.78, 5) is 36.7. The van der Waals surface area contributed by atoms with Gasteiger partial charge in [-0.15, -0.1) is 0 Å². The standard InChI is InChI=1S/C12H13N3O3S/c16-9(5-8-1-4-19-6-8)15-3-2-12(7-15)10(17)13-11(18)14-12/h1,4,6H,2-3,5,7H2,(H2,13,14,17,18). The third-order valence-electron chi connectivity index (χ3n) is 3.57. The Bertz CT molecular complexity index is 542. The summed E-state index contributed by atoms with van der Waals surface area (Å²) in [5, 5.41) is 8.73. The molecule has 0 aliphatic carbocycles. The Morgan fingerprint density at radius 3 is 2.95 bits per heavy atom. The van der Waals surface area contributed by atoms with Crippen LogP contribution in [0.25, 0.3) is 0 Å². The molecule has 100 valence electrons. The number of imide groups is 1. The molecule has 1 spiro atoms. The second kappa shape index (κ2) is 4.34. The van der Waals surface area contributed by atoms with Gasteiger partial charge in [-0.05, 0) is 28.8 Å². The zero-order valence-corrected chi connectivity index (χ0v) is 11.0. The summed E-state index contributed by atoms with van der Waals surface area (Å²) in [5.41, 5.74) is 0.0670. The Labute approximate surface area is 113 Å². The molecule has 19 heavy (non-hydrogen) atoms. The van der Waals surface area contributed by atoms with Gasteiger partial charge < -0.3 is 10.2 Å². The SMILES string of the molecule is O=C1NC(=O)C2(CCN(C(=O)Cc3ccsc3)C2)N1. The molecule has 2 aliphatic rings. The molecule has 0 radical (unpaired) electrons. The molecule has 2 fully saturated rings. The Balaban J connectivity index is 1.67. The number of likely N-dealkylation sites (tertiary alicyclic amines) is 1. The van der Waals surface area contributed by atoms with Gasteiger partial charge in [0.2, 0.25) is 5.91 Å². The molecule has 3 rings (SSSR count). The highest BCUT2D eigenvalue weighted by molar-refractivity contribution is 7.08. The van der Waals surface area contributed by atoms with E-state index < -0.39 is 11.6 Å². The third-order valence-corrected chi connectivity index (χ3v) is 4.30. The average Bonchev–Trinajstić information content (AvgIpc) is 3.03. The molecule has 4 amide bonds. The van der Waals surface area contributed by atoms with E-state index in [1.807, 2.05) is 16.8 Å². The van der Waals surface area contributed by atoms with Crippen molar-refractivity contribution >= 4 is 29.2 Å². The van der Waals surface area contributed by atoms with E-state index in [0.717, 1.165) is 5.56 Å². The minimum atomic E-state index is -0.915. The topological polar surface area (TPSA) is 78.5 Å². The largest absolute Gasteiger partial charge is 0.339 e. The molecule has 2 saturated heterocycles. The second-order valence-corrected chi connectivity index (χ2v) is 5.64. The molecule has 0 bridgehead atoms. The van der Waals surface area contributed by atoms with E-state index in [1.54, 1.807) is 16.2 Å². The second-order valence-electron chi connectivity index (χ2n) is 4.86. The van der Waals surface area contributed by atoms with Gasteiger partial charge in [0.05, 0.1) is 13.0 Å². The van der Waals surface area contributed by atoms with Gasteiger partial charge in [0, 0.05) is 6.54 Å². The molecule has 1 unspecified atom stereocenters. The highest BCUT2D eigenvalue weighted by Gasteiger charge is 2.51. The smallest absolute Gasteiger partial charge is 0.322 e. The molecule has 7 heteroatoms. The van der Waals surface area contributed by atoms with Crippen LogP contribution in [0.15, 0.2) is 16.8 Å². The van der Waals surface area contributed by atoms with E-state index in [9.17, 15) is 14.4 Å². The Hall–Kier alpha value is -1.89. The van der Waals surface area contributed by atoms with Crippen LogP contribution in [0.2, 0.25) is 0 Å². The predicted octanol–water partition coefficient (Wildman–Crippen LogP) is 0.101. The van der Waals surface area contributed by atoms with Crippen molar-refractivity contribution in [3.8, 4) is 0 Å². The molecular weight excluding hydrogens is 266 g/mol. The number of thiophene rings is 1. The van der Waals surface area contributed by atoms with Crippen molar-refractivity contribution in [2.24, 2.45) is 0 Å². The van der Waals surface area contributed by atoms with Crippen LogP contribution >= 0.6 is 11.3 Å². The summed E-state index contributed by atoms with van der Waals surface area (Å²) in [6.45, 7) is 0.754. The van der Waals surface area contributed by atoms with E-state index in [4.69, 9.17) is 0 Å². The summed E-state index contributed by atoms with van der Waals surface area (Å²) in [6.07, 6.45) is 0.815. The van der Waals surface area contributed by atoms with Gasteiger partial charge in [-0.2, -0.15) is 11.3 Å². The minimum Gasteiger partial charge on any atom is -0.339 e. The van der Waals surface area contributed by atoms with E-state index in [1.165, 1.54) is 0 Å². The highest BCUT2D eigenvalue weighted by Crippen LogP contribution is 2.25. The molecule has 2 aliphatic heterocycles. The van der Waals surface area contributed by atoms with E-state index in [2.05, 4.69) is 10.6 Å². The van der Waals surface area contributed by atoms with Gasteiger partial charge in [0.25, 0.3) is 5.91 Å². The van der Waals surface area contributed by atoms with Crippen LogP contribution in [0.4, 0.5) is 4.79 Å². The average molecular weight is 279 g/mol. The van der Waals surface area contributed by atoms with Gasteiger partial charge in [0.1, 0.15) is 5.54 Å². The first kappa shape index (κ1) is 12.2. The first-order valence-corrected chi connectivity index (χ1v) is 6.96. The molecule has 3 heterocycles. The van der Waals surface area contributed by atoms with Crippen LogP contribution < -0.4 is 10.6 Å². The normalized spacial score (nSPS) is 25.8. The quantitative estimate of drug-likeness (QED) is 0.754. The zero-order chi connectivity index (χ0) is 13.5. The zero-order valence-electron chi connectivity index (χ0n) is 10.1. The van der Waals surface area contributed by atoms with Crippen molar-refractivity contribution in [3.63, 3.8) is 0 Å². The fourth-order valence-corrected chi connectivity index (χ4v) is 3.19. The Morgan fingerprint density at radius 1 is 1.47 bits per heavy atom. The van der Waals surface area contributed by atoms with Gasteiger partial charge in [-0.1, -0.05) is 0 Å². The minimum absolute atomic E-state index is 0.00998. The maximum Gasteiger partial charge on any atom is 0.322 e. The van der Waals surface area contributed by atoms with Crippen molar-refractivity contribution in [2.75, 3.05) is 13.1 Å². The van der Waals surface area contributed by atoms with Crippen molar-refractivity contribution in [1.82, 2.24) is 15.5 Å². The monoisotopic (exact) mass is 279 g/mol. The van der Waals surface area contributed by atoms with Gasteiger partial charge in [0.15, 0.2) is 0 Å². The fourth-order valence-electron chi connectivity index (χ4n) is 2.52. The molecule has 1 atom stereocenters. The molecule has 1 aromatic heterocycles. The summed E-state index contributed by atoms with van der Waals surface area (Å²) in [6, 6.07) is 1.44. The number of rotatable bonds is 2. The number of carbonyl (C=O) groups is 3. The number of hydrogen-bond donors (Lipinski definition) is 2. The van der Waals surface area contributed by atoms with E-state index in [0.29, 0.717) is 19.4 Å². The lowest BCUT2D eigenvalue weighted by molar-refractivity contribution is -0.130. The lowest BCUT2D eigenvalue weighted by Crippen LogP contribution is -2.49.